The van der Waals surface area contributed by atoms with Crippen molar-refractivity contribution in [2.75, 3.05) is 13.6 Å². The van der Waals surface area contributed by atoms with Gasteiger partial charge in [0.15, 0.2) is 0 Å². The van der Waals surface area contributed by atoms with Crippen molar-refractivity contribution < 1.29 is 0 Å². The van der Waals surface area contributed by atoms with Crippen LogP contribution in [0.5, 0.6) is 0 Å². The minimum Gasteiger partial charge on any atom is -0.303 e. The molecular formula is C12H27N. The van der Waals surface area contributed by atoms with E-state index in [9.17, 15) is 0 Å². The lowest BCUT2D eigenvalue weighted by molar-refractivity contribution is 0.0890. The normalized spacial score (nSPS) is 35.1. The quantitative estimate of drug-likeness (QED) is 0.605. The summed E-state index contributed by atoms with van der Waals surface area (Å²) in [6, 6.07) is 0.786. The number of hydrogen-bond donors (Lipinski definition) is 0. The van der Waals surface area contributed by atoms with Crippen LogP contribution in [0.15, 0.2) is 0 Å². The molecule has 0 saturated carbocycles. The Morgan fingerprint density at radius 3 is 2.23 bits per heavy atom. The lowest BCUT2D eigenvalue weighted by Gasteiger charge is -2.40. The maximum atomic E-state index is 2.48. The van der Waals surface area contributed by atoms with Crippen molar-refractivity contribution in [2.45, 2.75) is 53.5 Å². The minimum absolute atomic E-state index is 0.786. The molecule has 1 fully saturated rings. The van der Waals surface area contributed by atoms with Crippen LogP contribution in [0.1, 0.15) is 47.5 Å². The van der Waals surface area contributed by atoms with E-state index in [0.717, 1.165) is 17.9 Å². The van der Waals surface area contributed by atoms with Gasteiger partial charge in [0, 0.05) is 6.04 Å². The molecule has 0 aromatic rings. The molecule has 1 nitrogen and oxygen atoms in total. The average molecular weight is 185 g/mol. The first-order chi connectivity index (χ1) is 6.16. The molecule has 1 rings (SSSR count). The fourth-order valence-electron chi connectivity index (χ4n) is 2.21. The summed E-state index contributed by atoms with van der Waals surface area (Å²) < 4.78 is 0. The molecule has 1 aliphatic heterocycles. The minimum atomic E-state index is 0.786. The molecule has 0 aliphatic carbocycles. The van der Waals surface area contributed by atoms with E-state index in [1.165, 1.54) is 19.4 Å². The molecule has 13 heavy (non-hydrogen) atoms. The summed E-state index contributed by atoms with van der Waals surface area (Å²) in [6.45, 7) is 12.4. The lowest BCUT2D eigenvalue weighted by Crippen LogP contribution is -2.43. The van der Waals surface area contributed by atoms with Gasteiger partial charge < -0.3 is 4.90 Å². The molecule has 1 heteroatoms. The summed E-state index contributed by atoms with van der Waals surface area (Å²) in [7, 11) is 2.24. The molecule has 80 valence electrons. The van der Waals surface area contributed by atoms with Gasteiger partial charge in [-0.2, -0.15) is 0 Å². The van der Waals surface area contributed by atoms with Gasteiger partial charge in [-0.1, -0.05) is 34.1 Å². The summed E-state index contributed by atoms with van der Waals surface area (Å²) >= 11 is 0. The van der Waals surface area contributed by atoms with Crippen LogP contribution in [-0.4, -0.2) is 24.5 Å². The highest BCUT2D eigenvalue weighted by molar-refractivity contribution is 4.81. The maximum absolute atomic E-state index is 2.48. The molecule has 1 heterocycles. The van der Waals surface area contributed by atoms with Gasteiger partial charge in [-0.05, 0) is 38.8 Å². The van der Waals surface area contributed by atoms with Gasteiger partial charge >= 0.3 is 0 Å². The second-order valence-corrected chi connectivity index (χ2v) is 4.04. The molecule has 0 spiro atoms. The molecule has 0 radical (unpaired) electrons. The predicted molar refractivity (Wildman–Crippen MR) is 61.0 cm³/mol. The van der Waals surface area contributed by atoms with Gasteiger partial charge in [0.05, 0.1) is 0 Å². The largest absolute Gasteiger partial charge is 0.303 e. The first kappa shape index (κ1) is 13.0. The zero-order chi connectivity index (χ0) is 10.4. The van der Waals surface area contributed by atoms with Gasteiger partial charge in [-0.25, -0.2) is 0 Å². The summed E-state index contributed by atoms with van der Waals surface area (Å²) in [5, 5.41) is 0. The van der Waals surface area contributed by atoms with E-state index in [4.69, 9.17) is 0 Å². The van der Waals surface area contributed by atoms with Crippen LogP contribution < -0.4 is 0 Å². The smallest absolute Gasteiger partial charge is 0.00921 e. The van der Waals surface area contributed by atoms with E-state index < -0.39 is 0 Å². The van der Waals surface area contributed by atoms with Gasteiger partial charge in [0.1, 0.15) is 0 Å². The molecule has 1 aliphatic rings. The number of piperidine rings is 1. The molecule has 0 aromatic heterocycles. The highest BCUT2D eigenvalue weighted by Crippen LogP contribution is 2.29. The van der Waals surface area contributed by atoms with Crippen molar-refractivity contribution in [1.29, 1.82) is 0 Å². The Kier molecular flexibility index (Phi) is 6.40. The van der Waals surface area contributed by atoms with Gasteiger partial charge in [0.25, 0.3) is 0 Å². The first-order valence-corrected chi connectivity index (χ1v) is 5.87. The first-order valence-electron chi connectivity index (χ1n) is 5.87. The summed E-state index contributed by atoms with van der Waals surface area (Å²) in [5.41, 5.74) is 0. The third-order valence-corrected chi connectivity index (χ3v) is 3.58. The molecule has 0 amide bonds. The standard InChI is InChI=1S/C10H21N.C2H6/c1-5-10-6-7-11(4)9(3)8(10)2;1-2/h8-10H,5-7H2,1-4H3;1-2H3. The van der Waals surface area contributed by atoms with Crippen LogP contribution in [0.25, 0.3) is 0 Å². The topological polar surface area (TPSA) is 3.24 Å². The molecule has 0 aromatic carbocycles. The summed E-state index contributed by atoms with van der Waals surface area (Å²) in [6.07, 6.45) is 2.76. The Hall–Kier alpha value is -0.0400. The zero-order valence-corrected chi connectivity index (χ0v) is 10.3. The highest BCUT2D eigenvalue weighted by atomic mass is 15.1. The van der Waals surface area contributed by atoms with Crippen LogP contribution in [0, 0.1) is 11.8 Å². The second-order valence-electron chi connectivity index (χ2n) is 4.04. The summed E-state index contributed by atoms with van der Waals surface area (Å²) in [5.74, 6) is 1.86. The van der Waals surface area contributed by atoms with Crippen molar-refractivity contribution in [3.63, 3.8) is 0 Å². The van der Waals surface area contributed by atoms with Gasteiger partial charge in [-0.3, -0.25) is 0 Å². The second kappa shape index (κ2) is 6.42. The van der Waals surface area contributed by atoms with Crippen molar-refractivity contribution in [1.82, 2.24) is 4.90 Å². The molecule has 0 bridgehead atoms. The summed E-state index contributed by atoms with van der Waals surface area (Å²) in [4.78, 5) is 2.48. The van der Waals surface area contributed by atoms with Gasteiger partial charge in [0.2, 0.25) is 0 Å². The third kappa shape index (κ3) is 3.30. The number of likely N-dealkylation sites (tertiary alicyclic amines) is 1. The fourth-order valence-corrected chi connectivity index (χ4v) is 2.21. The number of rotatable bonds is 1. The average Bonchev–Trinajstić information content (AvgIpc) is 2.18. The Labute approximate surface area is 84.5 Å². The van der Waals surface area contributed by atoms with E-state index in [2.05, 4.69) is 32.7 Å². The van der Waals surface area contributed by atoms with Crippen LogP contribution in [0.3, 0.4) is 0 Å². The highest BCUT2D eigenvalue weighted by Gasteiger charge is 2.28. The number of nitrogens with zero attached hydrogens (tertiary/aromatic N) is 1. The van der Waals surface area contributed by atoms with Crippen molar-refractivity contribution in [2.24, 2.45) is 11.8 Å². The van der Waals surface area contributed by atoms with E-state index in [1.54, 1.807) is 0 Å². The van der Waals surface area contributed by atoms with Crippen molar-refractivity contribution in [3.8, 4) is 0 Å². The predicted octanol–water partition coefficient (Wildman–Crippen LogP) is 3.40. The Bertz CT molecular complexity index is 120. The zero-order valence-electron chi connectivity index (χ0n) is 10.3. The van der Waals surface area contributed by atoms with Gasteiger partial charge in [-0.15, -0.1) is 0 Å². The van der Waals surface area contributed by atoms with Crippen LogP contribution in [0.2, 0.25) is 0 Å². The van der Waals surface area contributed by atoms with E-state index in [-0.39, 0.29) is 0 Å². The van der Waals surface area contributed by atoms with Crippen LogP contribution in [0.4, 0.5) is 0 Å². The van der Waals surface area contributed by atoms with Crippen molar-refractivity contribution >= 4 is 0 Å². The van der Waals surface area contributed by atoms with Crippen molar-refractivity contribution in [3.05, 3.63) is 0 Å². The number of hydrogen-bond acceptors (Lipinski definition) is 1. The van der Waals surface area contributed by atoms with Crippen LogP contribution in [-0.2, 0) is 0 Å². The van der Waals surface area contributed by atoms with E-state index in [0.29, 0.717) is 0 Å². The molecule has 1 saturated heterocycles. The Morgan fingerprint density at radius 2 is 1.77 bits per heavy atom. The third-order valence-electron chi connectivity index (χ3n) is 3.58. The molecule has 0 N–H and O–H groups in total. The fraction of sp³-hybridized carbons (Fsp3) is 1.00. The Morgan fingerprint density at radius 1 is 1.23 bits per heavy atom. The van der Waals surface area contributed by atoms with Crippen LogP contribution >= 0.6 is 0 Å². The van der Waals surface area contributed by atoms with E-state index in [1.807, 2.05) is 13.8 Å². The molecular weight excluding hydrogens is 158 g/mol. The lowest BCUT2D eigenvalue weighted by atomic mass is 9.80. The SMILES string of the molecule is CC.CCC1CCN(C)C(C)C1C. The molecule has 3 atom stereocenters. The van der Waals surface area contributed by atoms with E-state index >= 15 is 0 Å². The Balaban J connectivity index is 0.000000671. The maximum Gasteiger partial charge on any atom is 0.00921 e. The monoisotopic (exact) mass is 185 g/mol. The molecule has 3 unspecified atom stereocenters.